The molecule has 1 atom stereocenters. The van der Waals surface area contributed by atoms with E-state index in [9.17, 15) is 0 Å². The predicted molar refractivity (Wildman–Crippen MR) is 59.6 cm³/mol. The summed E-state index contributed by atoms with van der Waals surface area (Å²) in [6.45, 7) is 10.6. The molecule has 0 saturated heterocycles. The zero-order valence-corrected chi connectivity index (χ0v) is 9.80. The van der Waals surface area contributed by atoms with E-state index >= 15 is 0 Å². The van der Waals surface area contributed by atoms with Crippen LogP contribution < -0.4 is 11.1 Å². The lowest BCUT2D eigenvalue weighted by Crippen LogP contribution is -2.36. The molecule has 0 fully saturated rings. The first-order chi connectivity index (χ1) is 6.43. The van der Waals surface area contributed by atoms with Gasteiger partial charge in [-0.25, -0.2) is 0 Å². The topological polar surface area (TPSA) is 61.8 Å². The lowest BCUT2D eigenvalue weighted by molar-refractivity contribution is 0.346. The fourth-order valence-electron chi connectivity index (χ4n) is 1.20. The van der Waals surface area contributed by atoms with E-state index in [0.29, 0.717) is 18.4 Å². The molecular formula is C11H23N3. The molecule has 14 heavy (non-hydrogen) atoms. The Morgan fingerprint density at radius 3 is 2.36 bits per heavy atom. The lowest BCUT2D eigenvalue weighted by atomic mass is 9.93. The van der Waals surface area contributed by atoms with Crippen molar-refractivity contribution < 1.29 is 0 Å². The summed E-state index contributed by atoms with van der Waals surface area (Å²) in [5.74, 6) is 1.10. The summed E-state index contributed by atoms with van der Waals surface area (Å²) in [4.78, 5) is 0. The Kier molecular flexibility index (Phi) is 5.75. The monoisotopic (exact) mass is 197 g/mol. The number of nitrogens with two attached hydrogens (primary N) is 1. The van der Waals surface area contributed by atoms with Gasteiger partial charge in [0.05, 0.1) is 11.5 Å². The second-order valence-electron chi connectivity index (χ2n) is 4.87. The molecule has 3 nitrogen and oxygen atoms in total. The average Bonchev–Trinajstić information content (AvgIpc) is 2.12. The van der Waals surface area contributed by atoms with Crippen molar-refractivity contribution in [2.24, 2.45) is 23.0 Å². The van der Waals surface area contributed by atoms with Gasteiger partial charge in [-0.2, -0.15) is 5.26 Å². The van der Waals surface area contributed by atoms with Gasteiger partial charge in [-0.3, -0.25) is 0 Å². The maximum Gasteiger partial charge on any atom is 0.0697 e. The van der Waals surface area contributed by atoms with Gasteiger partial charge in [-0.05, 0) is 38.8 Å². The van der Waals surface area contributed by atoms with Crippen LogP contribution in [0.25, 0.3) is 0 Å². The normalized spacial score (nSPS) is 14.1. The SMILES string of the molecule is CC(C)C(CN)CNCC(C)(C)C#N. The zero-order valence-electron chi connectivity index (χ0n) is 9.80. The van der Waals surface area contributed by atoms with E-state index < -0.39 is 0 Å². The number of rotatable bonds is 6. The number of nitriles is 1. The summed E-state index contributed by atoms with van der Waals surface area (Å²) in [6.07, 6.45) is 0. The average molecular weight is 197 g/mol. The van der Waals surface area contributed by atoms with Crippen LogP contribution in [0.5, 0.6) is 0 Å². The van der Waals surface area contributed by atoms with E-state index in [-0.39, 0.29) is 5.41 Å². The van der Waals surface area contributed by atoms with E-state index in [0.717, 1.165) is 13.1 Å². The smallest absolute Gasteiger partial charge is 0.0697 e. The van der Waals surface area contributed by atoms with Crippen molar-refractivity contribution in [2.75, 3.05) is 19.6 Å². The number of hydrogen-bond acceptors (Lipinski definition) is 3. The summed E-state index contributed by atoms with van der Waals surface area (Å²) in [7, 11) is 0. The van der Waals surface area contributed by atoms with E-state index in [4.69, 9.17) is 11.0 Å². The molecule has 0 heterocycles. The van der Waals surface area contributed by atoms with Gasteiger partial charge < -0.3 is 11.1 Å². The zero-order chi connectivity index (χ0) is 11.2. The van der Waals surface area contributed by atoms with Crippen molar-refractivity contribution >= 4 is 0 Å². The van der Waals surface area contributed by atoms with E-state index in [1.165, 1.54) is 0 Å². The molecule has 0 aliphatic carbocycles. The van der Waals surface area contributed by atoms with Crippen LogP contribution in [0.4, 0.5) is 0 Å². The maximum atomic E-state index is 8.81. The summed E-state index contributed by atoms with van der Waals surface area (Å²) in [5.41, 5.74) is 5.37. The van der Waals surface area contributed by atoms with E-state index in [2.05, 4.69) is 25.2 Å². The van der Waals surface area contributed by atoms with Crippen LogP contribution in [0, 0.1) is 28.6 Å². The highest BCUT2D eigenvalue weighted by Crippen LogP contribution is 2.12. The van der Waals surface area contributed by atoms with Gasteiger partial charge in [-0.1, -0.05) is 13.8 Å². The quantitative estimate of drug-likeness (QED) is 0.676. The van der Waals surface area contributed by atoms with Crippen molar-refractivity contribution in [3.05, 3.63) is 0 Å². The second kappa shape index (κ2) is 6.00. The van der Waals surface area contributed by atoms with Gasteiger partial charge in [0.15, 0.2) is 0 Å². The molecule has 3 N–H and O–H groups in total. The van der Waals surface area contributed by atoms with Crippen molar-refractivity contribution in [3.63, 3.8) is 0 Å². The Hall–Kier alpha value is -0.590. The molecule has 0 saturated carbocycles. The minimum absolute atomic E-state index is 0.282. The molecule has 82 valence electrons. The molecular weight excluding hydrogens is 174 g/mol. The predicted octanol–water partition coefficient (Wildman–Crippen LogP) is 1.36. The molecule has 0 aromatic heterocycles. The van der Waals surface area contributed by atoms with Crippen LogP contribution in [0.2, 0.25) is 0 Å². The third-order valence-corrected chi connectivity index (χ3v) is 2.52. The Bertz CT molecular complexity index is 191. The summed E-state index contributed by atoms with van der Waals surface area (Å²) in [5, 5.41) is 12.1. The Morgan fingerprint density at radius 1 is 1.43 bits per heavy atom. The molecule has 1 unspecified atom stereocenters. The fourth-order valence-corrected chi connectivity index (χ4v) is 1.20. The largest absolute Gasteiger partial charge is 0.330 e. The van der Waals surface area contributed by atoms with Crippen LogP contribution in [-0.4, -0.2) is 19.6 Å². The second-order valence-corrected chi connectivity index (χ2v) is 4.87. The number of nitrogens with zero attached hydrogens (tertiary/aromatic N) is 1. The van der Waals surface area contributed by atoms with Crippen molar-refractivity contribution in [3.8, 4) is 6.07 Å². The molecule has 0 amide bonds. The van der Waals surface area contributed by atoms with Gasteiger partial charge in [0, 0.05) is 6.54 Å². The first-order valence-corrected chi connectivity index (χ1v) is 5.25. The molecule has 0 spiro atoms. The van der Waals surface area contributed by atoms with Crippen LogP contribution in [0.1, 0.15) is 27.7 Å². The Balaban J connectivity index is 3.79. The van der Waals surface area contributed by atoms with Crippen molar-refractivity contribution in [1.29, 1.82) is 5.26 Å². The third kappa shape index (κ3) is 5.21. The molecule has 0 aromatic carbocycles. The summed E-state index contributed by atoms with van der Waals surface area (Å²) < 4.78 is 0. The minimum atomic E-state index is -0.282. The van der Waals surface area contributed by atoms with Gasteiger partial charge in [-0.15, -0.1) is 0 Å². The van der Waals surface area contributed by atoms with E-state index in [1.54, 1.807) is 0 Å². The van der Waals surface area contributed by atoms with Crippen LogP contribution in [0.3, 0.4) is 0 Å². The number of nitrogens with one attached hydrogen (secondary N) is 1. The molecule has 0 radical (unpaired) electrons. The fraction of sp³-hybridized carbons (Fsp3) is 0.909. The maximum absolute atomic E-state index is 8.81. The van der Waals surface area contributed by atoms with Gasteiger partial charge >= 0.3 is 0 Å². The molecule has 3 heteroatoms. The van der Waals surface area contributed by atoms with E-state index in [1.807, 2.05) is 13.8 Å². The standard InChI is InChI=1S/C11H23N3/c1-9(2)10(5-12)6-14-8-11(3,4)7-13/h9-10,14H,5-6,8,12H2,1-4H3. The van der Waals surface area contributed by atoms with Crippen molar-refractivity contribution in [2.45, 2.75) is 27.7 Å². The highest BCUT2D eigenvalue weighted by atomic mass is 14.9. The number of hydrogen-bond donors (Lipinski definition) is 2. The van der Waals surface area contributed by atoms with Crippen LogP contribution >= 0.6 is 0 Å². The molecule has 0 aliphatic heterocycles. The third-order valence-electron chi connectivity index (χ3n) is 2.52. The Morgan fingerprint density at radius 2 is 2.00 bits per heavy atom. The first kappa shape index (κ1) is 13.4. The molecule has 0 rings (SSSR count). The van der Waals surface area contributed by atoms with Gasteiger partial charge in [0.1, 0.15) is 0 Å². The summed E-state index contributed by atoms with van der Waals surface area (Å²) in [6, 6.07) is 2.27. The minimum Gasteiger partial charge on any atom is -0.330 e. The van der Waals surface area contributed by atoms with Crippen LogP contribution in [0.15, 0.2) is 0 Å². The highest BCUT2D eigenvalue weighted by molar-refractivity contribution is 4.93. The molecule has 0 bridgehead atoms. The Labute approximate surface area is 87.7 Å². The van der Waals surface area contributed by atoms with Crippen molar-refractivity contribution in [1.82, 2.24) is 5.32 Å². The molecule has 0 aromatic rings. The first-order valence-electron chi connectivity index (χ1n) is 5.25. The van der Waals surface area contributed by atoms with Gasteiger partial charge in [0.25, 0.3) is 0 Å². The molecule has 0 aliphatic rings. The summed E-state index contributed by atoms with van der Waals surface area (Å²) >= 11 is 0. The lowest BCUT2D eigenvalue weighted by Gasteiger charge is -2.22. The highest BCUT2D eigenvalue weighted by Gasteiger charge is 2.17. The van der Waals surface area contributed by atoms with Gasteiger partial charge in [0.2, 0.25) is 0 Å². The van der Waals surface area contributed by atoms with Crippen LogP contribution in [-0.2, 0) is 0 Å².